The quantitative estimate of drug-likeness (QED) is 0.779. The van der Waals surface area contributed by atoms with Crippen molar-refractivity contribution in [2.75, 3.05) is 31.5 Å². The molecule has 0 saturated heterocycles. The highest BCUT2D eigenvalue weighted by Gasteiger charge is 2.22. The fourth-order valence-corrected chi connectivity index (χ4v) is 4.65. The first-order valence-corrected chi connectivity index (χ1v) is 9.76. The van der Waals surface area contributed by atoms with Gasteiger partial charge in [0, 0.05) is 11.4 Å². The highest BCUT2D eigenvalue weighted by atomic mass is 32.1. The molecule has 2 aromatic rings. The van der Waals surface area contributed by atoms with Crippen LogP contribution in [0.3, 0.4) is 0 Å². The molecule has 0 amide bonds. The molecular weight excluding hydrogens is 304 g/mol. The van der Waals surface area contributed by atoms with Crippen molar-refractivity contribution in [2.45, 2.75) is 46.5 Å². The van der Waals surface area contributed by atoms with Crippen molar-refractivity contribution >= 4 is 27.4 Å². The van der Waals surface area contributed by atoms with Gasteiger partial charge < -0.3 is 10.2 Å². The summed E-state index contributed by atoms with van der Waals surface area (Å²) < 4.78 is 0. The van der Waals surface area contributed by atoms with Crippen molar-refractivity contribution in [3.63, 3.8) is 0 Å². The molecular formula is C18H28N4S. The summed E-state index contributed by atoms with van der Waals surface area (Å²) in [6.45, 7) is 11.2. The van der Waals surface area contributed by atoms with Gasteiger partial charge in [-0.1, -0.05) is 20.8 Å². The molecule has 1 atom stereocenters. The minimum Gasteiger partial charge on any atom is -0.369 e. The van der Waals surface area contributed by atoms with Crippen LogP contribution in [0.4, 0.5) is 5.82 Å². The summed E-state index contributed by atoms with van der Waals surface area (Å²) in [5.74, 6) is 1.82. The Morgan fingerprint density at radius 2 is 2.13 bits per heavy atom. The highest BCUT2D eigenvalue weighted by Crippen LogP contribution is 2.39. The minimum absolute atomic E-state index is 0.774. The summed E-state index contributed by atoms with van der Waals surface area (Å²) in [5.41, 5.74) is 1.51. The first-order chi connectivity index (χ1) is 11.2. The number of hydrogen-bond acceptors (Lipinski definition) is 5. The monoisotopic (exact) mass is 332 g/mol. The topological polar surface area (TPSA) is 41.0 Å². The first kappa shape index (κ1) is 16.7. The minimum atomic E-state index is 0.774. The second kappa shape index (κ2) is 7.58. The number of fused-ring (bicyclic) bond motifs is 3. The third-order valence-corrected chi connectivity index (χ3v) is 6.13. The van der Waals surface area contributed by atoms with Gasteiger partial charge in [0.25, 0.3) is 0 Å². The molecule has 0 aromatic carbocycles. The lowest BCUT2D eigenvalue weighted by Crippen LogP contribution is -2.25. The van der Waals surface area contributed by atoms with E-state index in [1.165, 1.54) is 35.1 Å². The molecule has 4 nitrogen and oxygen atoms in total. The van der Waals surface area contributed by atoms with E-state index in [0.29, 0.717) is 0 Å². The van der Waals surface area contributed by atoms with Crippen molar-refractivity contribution in [3.8, 4) is 0 Å². The van der Waals surface area contributed by atoms with Gasteiger partial charge in [-0.05, 0) is 56.8 Å². The Bertz CT molecular complexity index is 648. The molecule has 0 unspecified atom stereocenters. The third kappa shape index (κ3) is 3.66. The van der Waals surface area contributed by atoms with Crippen LogP contribution in [0.2, 0.25) is 0 Å². The molecule has 23 heavy (non-hydrogen) atoms. The van der Waals surface area contributed by atoms with Crippen LogP contribution in [-0.4, -0.2) is 41.0 Å². The van der Waals surface area contributed by atoms with Gasteiger partial charge in [0.15, 0.2) is 0 Å². The molecule has 0 fully saturated rings. The predicted molar refractivity (Wildman–Crippen MR) is 99.5 cm³/mol. The molecule has 0 radical (unpaired) electrons. The number of hydrogen-bond donors (Lipinski definition) is 1. The maximum atomic E-state index is 4.54. The van der Waals surface area contributed by atoms with E-state index in [4.69, 9.17) is 0 Å². The zero-order valence-electron chi connectivity index (χ0n) is 14.6. The first-order valence-electron chi connectivity index (χ1n) is 8.94. The Morgan fingerprint density at radius 3 is 2.91 bits per heavy atom. The molecule has 0 bridgehead atoms. The Balaban J connectivity index is 1.72. The van der Waals surface area contributed by atoms with Gasteiger partial charge in [-0.3, -0.25) is 0 Å². The molecule has 2 aromatic heterocycles. The van der Waals surface area contributed by atoms with Gasteiger partial charge in [0.2, 0.25) is 0 Å². The molecule has 126 valence electrons. The summed E-state index contributed by atoms with van der Waals surface area (Å²) >= 11 is 1.87. The summed E-state index contributed by atoms with van der Waals surface area (Å²) in [6.07, 6.45) is 6.55. The Kier molecular flexibility index (Phi) is 5.49. The molecule has 2 heterocycles. The van der Waals surface area contributed by atoms with Gasteiger partial charge in [-0.2, -0.15) is 0 Å². The van der Waals surface area contributed by atoms with Gasteiger partial charge in [0.05, 0.1) is 5.39 Å². The molecule has 3 rings (SSSR count). The molecule has 0 spiro atoms. The second-order valence-electron chi connectivity index (χ2n) is 6.56. The molecule has 0 aliphatic heterocycles. The van der Waals surface area contributed by atoms with E-state index in [2.05, 4.69) is 41.0 Å². The standard InChI is InChI=1S/C18H28N4S/c1-4-22(5-2)10-6-9-19-17-16-14-11-13(3)7-8-15(14)23-18(16)21-12-20-17/h12-13H,4-11H2,1-3H3,(H,19,20,21)/t13-/m0/s1. The van der Waals surface area contributed by atoms with E-state index in [1.54, 1.807) is 6.33 Å². The summed E-state index contributed by atoms with van der Waals surface area (Å²) in [4.78, 5) is 14.2. The predicted octanol–water partition coefficient (Wildman–Crippen LogP) is 3.96. The SMILES string of the molecule is CCN(CC)CCCNc1ncnc2sc3c(c12)C[C@@H](C)CC3. The maximum absolute atomic E-state index is 4.54. The van der Waals surface area contributed by atoms with Crippen LogP contribution in [0.15, 0.2) is 6.33 Å². The molecule has 1 N–H and O–H groups in total. The average Bonchev–Trinajstić information content (AvgIpc) is 2.93. The fourth-order valence-electron chi connectivity index (χ4n) is 3.47. The van der Waals surface area contributed by atoms with Crippen LogP contribution >= 0.6 is 11.3 Å². The highest BCUT2D eigenvalue weighted by molar-refractivity contribution is 7.19. The number of nitrogens with one attached hydrogen (secondary N) is 1. The number of aromatic nitrogens is 2. The number of nitrogens with zero attached hydrogens (tertiary/aromatic N) is 3. The van der Waals surface area contributed by atoms with Crippen LogP contribution in [0.25, 0.3) is 10.2 Å². The third-order valence-electron chi connectivity index (χ3n) is 4.93. The van der Waals surface area contributed by atoms with E-state index in [1.807, 2.05) is 11.3 Å². The lowest BCUT2D eigenvalue weighted by molar-refractivity contribution is 0.303. The summed E-state index contributed by atoms with van der Waals surface area (Å²) in [5, 5.41) is 4.86. The van der Waals surface area contributed by atoms with E-state index < -0.39 is 0 Å². The van der Waals surface area contributed by atoms with Gasteiger partial charge in [0.1, 0.15) is 17.0 Å². The van der Waals surface area contributed by atoms with Crippen LogP contribution in [-0.2, 0) is 12.8 Å². The van der Waals surface area contributed by atoms with Crippen molar-refractivity contribution in [1.82, 2.24) is 14.9 Å². The van der Waals surface area contributed by atoms with Gasteiger partial charge in [-0.15, -0.1) is 11.3 Å². The van der Waals surface area contributed by atoms with Crippen LogP contribution in [0.5, 0.6) is 0 Å². The summed E-state index contributed by atoms with van der Waals surface area (Å²) in [7, 11) is 0. The average molecular weight is 333 g/mol. The van der Waals surface area contributed by atoms with E-state index >= 15 is 0 Å². The molecule has 1 aliphatic rings. The zero-order chi connectivity index (χ0) is 16.2. The lowest BCUT2D eigenvalue weighted by Gasteiger charge is -2.19. The van der Waals surface area contributed by atoms with Crippen molar-refractivity contribution < 1.29 is 0 Å². The van der Waals surface area contributed by atoms with E-state index in [0.717, 1.165) is 49.2 Å². The number of aryl methyl sites for hydroxylation is 1. The molecule has 0 saturated carbocycles. The maximum Gasteiger partial charge on any atom is 0.138 e. The Labute approximate surface area is 143 Å². The fraction of sp³-hybridized carbons (Fsp3) is 0.667. The summed E-state index contributed by atoms with van der Waals surface area (Å²) in [6, 6.07) is 0. The molecule has 5 heteroatoms. The van der Waals surface area contributed by atoms with Crippen molar-refractivity contribution in [2.24, 2.45) is 5.92 Å². The van der Waals surface area contributed by atoms with Crippen molar-refractivity contribution in [3.05, 3.63) is 16.8 Å². The lowest BCUT2D eigenvalue weighted by atomic mass is 9.88. The second-order valence-corrected chi connectivity index (χ2v) is 7.65. The normalized spacial score (nSPS) is 17.7. The van der Waals surface area contributed by atoms with Crippen LogP contribution < -0.4 is 5.32 Å². The van der Waals surface area contributed by atoms with Crippen LogP contribution in [0.1, 0.15) is 44.1 Å². The number of anilines is 1. The smallest absolute Gasteiger partial charge is 0.138 e. The zero-order valence-corrected chi connectivity index (χ0v) is 15.4. The van der Waals surface area contributed by atoms with Crippen LogP contribution in [0, 0.1) is 5.92 Å². The van der Waals surface area contributed by atoms with E-state index in [-0.39, 0.29) is 0 Å². The van der Waals surface area contributed by atoms with Crippen molar-refractivity contribution in [1.29, 1.82) is 0 Å². The molecule has 1 aliphatic carbocycles. The Morgan fingerprint density at radius 1 is 1.30 bits per heavy atom. The Hall–Kier alpha value is -1.20. The number of thiophene rings is 1. The number of rotatable bonds is 7. The largest absolute Gasteiger partial charge is 0.369 e. The van der Waals surface area contributed by atoms with Gasteiger partial charge >= 0.3 is 0 Å². The van der Waals surface area contributed by atoms with E-state index in [9.17, 15) is 0 Å². The van der Waals surface area contributed by atoms with Gasteiger partial charge in [-0.25, -0.2) is 9.97 Å².